The summed E-state index contributed by atoms with van der Waals surface area (Å²) in [7, 11) is 1.40. The number of hydrogen-bond donors (Lipinski definition) is 1. The molecule has 1 unspecified atom stereocenters. The average Bonchev–Trinajstić information content (AvgIpc) is 2.65. The van der Waals surface area contributed by atoms with E-state index in [1.807, 2.05) is 36.5 Å². The molecule has 0 amide bonds. The van der Waals surface area contributed by atoms with E-state index in [-0.39, 0.29) is 12.0 Å². The molecule has 2 aromatic rings. The number of ether oxygens (including phenoxy) is 1. The van der Waals surface area contributed by atoms with Crippen LogP contribution in [0.3, 0.4) is 0 Å². The van der Waals surface area contributed by atoms with Gasteiger partial charge >= 0.3 is 5.97 Å². The minimum atomic E-state index is -0.306. The number of hydrogen-bond acceptors (Lipinski definition) is 4. The van der Waals surface area contributed by atoms with Gasteiger partial charge in [-0.3, -0.25) is 0 Å². The summed E-state index contributed by atoms with van der Waals surface area (Å²) < 4.78 is 4.78. The van der Waals surface area contributed by atoms with Crippen molar-refractivity contribution in [3.8, 4) is 0 Å². The SMILES string of the molecule is CCCCCCC(Nc1ncccc1C)c1ccc(C(=O)OC)cc1. The van der Waals surface area contributed by atoms with Crippen molar-refractivity contribution < 1.29 is 9.53 Å². The number of benzene rings is 1. The summed E-state index contributed by atoms with van der Waals surface area (Å²) in [6.45, 7) is 4.28. The van der Waals surface area contributed by atoms with Crippen LogP contribution < -0.4 is 5.32 Å². The fourth-order valence-corrected chi connectivity index (χ4v) is 2.87. The van der Waals surface area contributed by atoms with E-state index in [1.165, 1.54) is 26.4 Å². The zero-order valence-electron chi connectivity index (χ0n) is 15.4. The lowest BCUT2D eigenvalue weighted by Gasteiger charge is -2.21. The van der Waals surface area contributed by atoms with Gasteiger partial charge in [-0.2, -0.15) is 0 Å². The molecule has 25 heavy (non-hydrogen) atoms. The number of rotatable bonds is 9. The first-order valence-electron chi connectivity index (χ1n) is 9.02. The van der Waals surface area contributed by atoms with E-state index in [0.29, 0.717) is 5.56 Å². The van der Waals surface area contributed by atoms with Gasteiger partial charge in [0.05, 0.1) is 18.7 Å². The number of methoxy groups -OCH3 is 1. The van der Waals surface area contributed by atoms with Gasteiger partial charge in [-0.05, 0) is 42.7 Å². The summed E-state index contributed by atoms with van der Waals surface area (Å²) >= 11 is 0. The summed E-state index contributed by atoms with van der Waals surface area (Å²) in [6, 6.07) is 11.8. The highest BCUT2D eigenvalue weighted by molar-refractivity contribution is 5.89. The largest absolute Gasteiger partial charge is 0.465 e. The lowest BCUT2D eigenvalue weighted by molar-refractivity contribution is 0.0600. The topological polar surface area (TPSA) is 51.2 Å². The van der Waals surface area contributed by atoms with E-state index in [4.69, 9.17) is 4.74 Å². The van der Waals surface area contributed by atoms with Gasteiger partial charge in [0.15, 0.2) is 0 Å². The van der Waals surface area contributed by atoms with E-state index in [2.05, 4.69) is 30.2 Å². The van der Waals surface area contributed by atoms with Gasteiger partial charge in [-0.1, -0.05) is 50.8 Å². The fourth-order valence-electron chi connectivity index (χ4n) is 2.87. The Morgan fingerprint density at radius 2 is 1.92 bits per heavy atom. The van der Waals surface area contributed by atoms with Crippen molar-refractivity contribution in [2.45, 2.75) is 52.0 Å². The molecule has 0 aliphatic rings. The third-order valence-electron chi connectivity index (χ3n) is 4.40. The Morgan fingerprint density at radius 1 is 1.16 bits per heavy atom. The zero-order chi connectivity index (χ0) is 18.1. The lowest BCUT2D eigenvalue weighted by atomic mass is 9.98. The number of pyridine rings is 1. The van der Waals surface area contributed by atoms with Gasteiger partial charge in [-0.25, -0.2) is 9.78 Å². The molecule has 0 spiro atoms. The van der Waals surface area contributed by atoms with Crippen LogP contribution in [0, 0.1) is 6.92 Å². The number of unbranched alkanes of at least 4 members (excludes halogenated alkanes) is 3. The molecule has 0 aliphatic carbocycles. The number of esters is 1. The predicted molar refractivity (Wildman–Crippen MR) is 102 cm³/mol. The molecule has 1 aromatic carbocycles. The highest BCUT2D eigenvalue weighted by atomic mass is 16.5. The Balaban J connectivity index is 2.15. The van der Waals surface area contributed by atoms with Crippen LogP contribution >= 0.6 is 0 Å². The maximum absolute atomic E-state index is 11.6. The Labute approximate surface area is 150 Å². The van der Waals surface area contributed by atoms with Gasteiger partial charge in [0.2, 0.25) is 0 Å². The zero-order valence-corrected chi connectivity index (χ0v) is 15.4. The minimum absolute atomic E-state index is 0.178. The van der Waals surface area contributed by atoms with Crippen molar-refractivity contribution in [1.82, 2.24) is 4.98 Å². The molecule has 2 rings (SSSR count). The third kappa shape index (κ3) is 5.59. The van der Waals surface area contributed by atoms with Crippen LogP contribution in [0.15, 0.2) is 42.6 Å². The standard InChI is InChI=1S/C21H28N2O2/c1-4-5-6-7-10-19(23-20-16(2)9-8-15-22-20)17-11-13-18(14-12-17)21(24)25-3/h8-9,11-15,19H,4-7,10H2,1-3H3,(H,22,23). The number of nitrogens with zero attached hydrogens (tertiary/aromatic N) is 1. The maximum atomic E-state index is 11.6. The summed E-state index contributed by atoms with van der Waals surface area (Å²) in [5, 5.41) is 3.58. The number of aryl methyl sites for hydroxylation is 1. The molecule has 0 aliphatic heterocycles. The molecule has 0 saturated carbocycles. The van der Waals surface area contributed by atoms with E-state index < -0.39 is 0 Å². The van der Waals surface area contributed by atoms with Crippen molar-refractivity contribution in [2.24, 2.45) is 0 Å². The number of carbonyl (C=O) groups excluding carboxylic acids is 1. The van der Waals surface area contributed by atoms with Gasteiger partial charge in [0, 0.05) is 6.20 Å². The van der Waals surface area contributed by atoms with Crippen LogP contribution in [-0.4, -0.2) is 18.1 Å². The lowest BCUT2D eigenvalue weighted by Crippen LogP contribution is -2.13. The summed E-state index contributed by atoms with van der Waals surface area (Å²) in [5.41, 5.74) is 2.87. The van der Waals surface area contributed by atoms with Crippen LogP contribution in [0.4, 0.5) is 5.82 Å². The maximum Gasteiger partial charge on any atom is 0.337 e. The number of anilines is 1. The van der Waals surface area contributed by atoms with Crippen LogP contribution in [0.1, 0.15) is 66.6 Å². The first-order chi connectivity index (χ1) is 12.2. The quantitative estimate of drug-likeness (QED) is 0.497. The summed E-state index contributed by atoms with van der Waals surface area (Å²) in [6.07, 6.45) is 7.73. The van der Waals surface area contributed by atoms with E-state index in [1.54, 1.807) is 0 Å². The normalized spacial score (nSPS) is 11.8. The molecule has 4 heteroatoms. The van der Waals surface area contributed by atoms with Crippen molar-refractivity contribution in [1.29, 1.82) is 0 Å². The van der Waals surface area contributed by atoms with Gasteiger partial charge < -0.3 is 10.1 Å². The monoisotopic (exact) mass is 340 g/mol. The molecule has 134 valence electrons. The molecule has 1 N–H and O–H groups in total. The van der Waals surface area contributed by atoms with Crippen molar-refractivity contribution in [3.05, 3.63) is 59.3 Å². The van der Waals surface area contributed by atoms with Crippen molar-refractivity contribution in [2.75, 3.05) is 12.4 Å². The molecule has 0 radical (unpaired) electrons. The number of aromatic nitrogens is 1. The van der Waals surface area contributed by atoms with Crippen LogP contribution in [-0.2, 0) is 4.74 Å². The molecule has 1 aromatic heterocycles. The first kappa shape index (κ1) is 19.0. The highest BCUT2D eigenvalue weighted by Gasteiger charge is 2.14. The van der Waals surface area contributed by atoms with Crippen LogP contribution in [0.2, 0.25) is 0 Å². The molecular weight excluding hydrogens is 312 g/mol. The Kier molecular flexibility index (Phi) is 7.45. The Morgan fingerprint density at radius 3 is 2.56 bits per heavy atom. The molecular formula is C21H28N2O2. The predicted octanol–water partition coefficient (Wildman–Crippen LogP) is 5.30. The Bertz CT molecular complexity index is 668. The average molecular weight is 340 g/mol. The van der Waals surface area contributed by atoms with E-state index in [9.17, 15) is 4.79 Å². The highest BCUT2D eigenvalue weighted by Crippen LogP contribution is 2.26. The van der Waals surface area contributed by atoms with Crippen LogP contribution in [0.25, 0.3) is 0 Å². The second kappa shape index (κ2) is 9.82. The van der Waals surface area contributed by atoms with Gasteiger partial charge in [0.1, 0.15) is 5.82 Å². The minimum Gasteiger partial charge on any atom is -0.465 e. The molecule has 1 atom stereocenters. The second-order valence-electron chi connectivity index (χ2n) is 6.33. The van der Waals surface area contributed by atoms with Crippen molar-refractivity contribution >= 4 is 11.8 Å². The fraction of sp³-hybridized carbons (Fsp3) is 0.429. The summed E-state index contributed by atoms with van der Waals surface area (Å²) in [5.74, 6) is 0.611. The van der Waals surface area contributed by atoms with Gasteiger partial charge in [0.25, 0.3) is 0 Å². The van der Waals surface area contributed by atoms with Crippen molar-refractivity contribution in [3.63, 3.8) is 0 Å². The number of carbonyl (C=O) groups is 1. The van der Waals surface area contributed by atoms with Gasteiger partial charge in [-0.15, -0.1) is 0 Å². The summed E-state index contributed by atoms with van der Waals surface area (Å²) in [4.78, 5) is 16.1. The smallest absolute Gasteiger partial charge is 0.337 e. The third-order valence-corrected chi connectivity index (χ3v) is 4.40. The first-order valence-corrected chi connectivity index (χ1v) is 9.02. The molecule has 0 saturated heterocycles. The molecule has 1 heterocycles. The molecule has 0 fully saturated rings. The van der Waals surface area contributed by atoms with E-state index >= 15 is 0 Å². The molecule has 0 bridgehead atoms. The van der Waals surface area contributed by atoms with E-state index in [0.717, 1.165) is 29.8 Å². The molecule has 4 nitrogen and oxygen atoms in total. The van der Waals surface area contributed by atoms with Crippen LogP contribution in [0.5, 0.6) is 0 Å². The second-order valence-corrected chi connectivity index (χ2v) is 6.33. The number of nitrogens with one attached hydrogen (secondary N) is 1. The Hall–Kier alpha value is -2.36.